The van der Waals surface area contributed by atoms with E-state index < -0.39 is 11.7 Å². The molecule has 0 radical (unpaired) electrons. The van der Waals surface area contributed by atoms with Crippen LogP contribution in [0.1, 0.15) is 30.1 Å². The maximum atomic E-state index is 12.5. The fraction of sp³-hybridized carbons (Fsp3) is 0.538. The SMILES string of the molecule is CC(C)CNCc1nc(Cn2cc(C(F)(F)F)cn2)cs1. The van der Waals surface area contributed by atoms with Crippen LogP contribution in [0.4, 0.5) is 13.2 Å². The minimum Gasteiger partial charge on any atom is -0.310 e. The van der Waals surface area contributed by atoms with Gasteiger partial charge in [0, 0.05) is 18.1 Å². The number of rotatable bonds is 6. The molecule has 0 aliphatic rings. The second kappa shape index (κ2) is 6.57. The van der Waals surface area contributed by atoms with Gasteiger partial charge in [-0.15, -0.1) is 11.3 Å². The first-order chi connectivity index (χ1) is 9.84. The fourth-order valence-electron chi connectivity index (χ4n) is 1.73. The van der Waals surface area contributed by atoms with E-state index in [9.17, 15) is 13.2 Å². The standard InChI is InChI=1S/C13H17F3N4S/c1-9(2)3-17-5-12-19-11(8-21-12)7-20-6-10(4-18-20)13(14,15)16/h4,6,8-9,17H,3,5,7H2,1-2H3. The quantitative estimate of drug-likeness (QED) is 0.890. The highest BCUT2D eigenvalue weighted by Gasteiger charge is 2.32. The predicted molar refractivity (Wildman–Crippen MR) is 75.0 cm³/mol. The van der Waals surface area contributed by atoms with Gasteiger partial charge in [-0.2, -0.15) is 18.3 Å². The molecule has 0 aliphatic carbocycles. The first-order valence-electron chi connectivity index (χ1n) is 6.58. The molecule has 0 aromatic carbocycles. The number of aromatic nitrogens is 3. The lowest BCUT2D eigenvalue weighted by Crippen LogP contribution is -2.18. The normalized spacial score (nSPS) is 12.3. The highest BCUT2D eigenvalue weighted by atomic mass is 32.1. The van der Waals surface area contributed by atoms with E-state index in [-0.39, 0.29) is 6.54 Å². The largest absolute Gasteiger partial charge is 0.419 e. The third kappa shape index (κ3) is 4.82. The maximum Gasteiger partial charge on any atom is 0.419 e. The van der Waals surface area contributed by atoms with Crippen molar-refractivity contribution in [3.05, 3.63) is 34.0 Å². The van der Waals surface area contributed by atoms with Crippen LogP contribution in [-0.4, -0.2) is 21.3 Å². The molecule has 0 unspecified atom stereocenters. The fourth-order valence-corrected chi connectivity index (χ4v) is 2.49. The van der Waals surface area contributed by atoms with Crippen LogP contribution in [0.15, 0.2) is 17.8 Å². The third-order valence-corrected chi connectivity index (χ3v) is 3.61. The van der Waals surface area contributed by atoms with Gasteiger partial charge in [0.05, 0.1) is 24.0 Å². The van der Waals surface area contributed by atoms with Gasteiger partial charge in [-0.3, -0.25) is 4.68 Å². The molecule has 0 fully saturated rings. The second-order valence-corrected chi connectivity index (χ2v) is 6.12. The summed E-state index contributed by atoms with van der Waals surface area (Å²) < 4.78 is 38.7. The molecule has 21 heavy (non-hydrogen) atoms. The molecule has 0 aliphatic heterocycles. The van der Waals surface area contributed by atoms with Crippen molar-refractivity contribution < 1.29 is 13.2 Å². The maximum absolute atomic E-state index is 12.5. The summed E-state index contributed by atoms with van der Waals surface area (Å²) in [6, 6.07) is 0. The number of thiazole rings is 1. The van der Waals surface area contributed by atoms with Gasteiger partial charge >= 0.3 is 6.18 Å². The van der Waals surface area contributed by atoms with Crippen molar-refractivity contribution in [2.24, 2.45) is 5.92 Å². The summed E-state index contributed by atoms with van der Waals surface area (Å²) in [4.78, 5) is 4.39. The Balaban J connectivity index is 1.91. The lowest BCUT2D eigenvalue weighted by molar-refractivity contribution is -0.137. The predicted octanol–water partition coefficient (Wildman–Crippen LogP) is 3.15. The first kappa shape index (κ1) is 16.0. The van der Waals surface area contributed by atoms with E-state index in [2.05, 4.69) is 29.2 Å². The topological polar surface area (TPSA) is 42.7 Å². The highest BCUT2D eigenvalue weighted by Crippen LogP contribution is 2.28. The van der Waals surface area contributed by atoms with Crippen LogP contribution in [0.5, 0.6) is 0 Å². The molecule has 0 spiro atoms. The van der Waals surface area contributed by atoms with Crippen molar-refractivity contribution in [3.8, 4) is 0 Å². The second-order valence-electron chi connectivity index (χ2n) is 5.18. The molecule has 0 bridgehead atoms. The van der Waals surface area contributed by atoms with E-state index in [0.717, 1.165) is 29.6 Å². The summed E-state index contributed by atoms with van der Waals surface area (Å²) in [5, 5.41) is 9.77. The van der Waals surface area contributed by atoms with Crippen LogP contribution < -0.4 is 5.32 Å². The van der Waals surface area contributed by atoms with Crippen molar-refractivity contribution in [2.75, 3.05) is 6.54 Å². The molecule has 1 N–H and O–H groups in total. The van der Waals surface area contributed by atoms with Crippen molar-refractivity contribution in [2.45, 2.75) is 33.1 Å². The smallest absolute Gasteiger partial charge is 0.310 e. The molecule has 0 saturated heterocycles. The van der Waals surface area contributed by atoms with Crippen molar-refractivity contribution >= 4 is 11.3 Å². The Morgan fingerprint density at radius 2 is 2.14 bits per heavy atom. The zero-order valence-corrected chi connectivity index (χ0v) is 12.6. The molecule has 8 heteroatoms. The molecule has 116 valence electrons. The molecule has 4 nitrogen and oxygen atoms in total. The van der Waals surface area contributed by atoms with Crippen molar-refractivity contribution in [3.63, 3.8) is 0 Å². The Hall–Kier alpha value is -1.41. The van der Waals surface area contributed by atoms with E-state index in [4.69, 9.17) is 0 Å². The molecular weight excluding hydrogens is 301 g/mol. The van der Waals surface area contributed by atoms with E-state index in [1.807, 2.05) is 5.38 Å². The number of nitrogens with one attached hydrogen (secondary N) is 1. The van der Waals surface area contributed by atoms with Crippen LogP contribution in [0.25, 0.3) is 0 Å². The van der Waals surface area contributed by atoms with Crippen LogP contribution >= 0.6 is 11.3 Å². The molecule has 2 rings (SSSR count). The summed E-state index contributed by atoms with van der Waals surface area (Å²) in [6.07, 6.45) is -2.53. The summed E-state index contributed by atoms with van der Waals surface area (Å²) in [6.45, 7) is 6.07. The van der Waals surface area contributed by atoms with Crippen LogP contribution in [0, 0.1) is 5.92 Å². The number of hydrogen-bond acceptors (Lipinski definition) is 4. The summed E-state index contributed by atoms with van der Waals surface area (Å²) in [5.41, 5.74) is -0.0188. The van der Waals surface area contributed by atoms with Crippen LogP contribution in [0.2, 0.25) is 0 Å². The Morgan fingerprint density at radius 3 is 2.76 bits per heavy atom. The van der Waals surface area contributed by atoms with Gasteiger partial charge in [0.1, 0.15) is 5.01 Å². The minimum atomic E-state index is -4.35. The van der Waals surface area contributed by atoms with Crippen LogP contribution in [-0.2, 0) is 19.3 Å². The molecule has 2 aromatic heterocycles. The monoisotopic (exact) mass is 318 g/mol. The number of hydrogen-bond donors (Lipinski definition) is 1. The van der Waals surface area contributed by atoms with Gasteiger partial charge in [0.15, 0.2) is 0 Å². The molecular formula is C13H17F3N4S. The van der Waals surface area contributed by atoms with Gasteiger partial charge in [0.2, 0.25) is 0 Å². The Kier molecular flexibility index (Phi) is 5.00. The summed E-state index contributed by atoms with van der Waals surface area (Å²) >= 11 is 1.50. The Morgan fingerprint density at radius 1 is 1.38 bits per heavy atom. The summed E-state index contributed by atoms with van der Waals surface area (Å²) in [7, 11) is 0. The number of halogens is 3. The van der Waals surface area contributed by atoms with Gasteiger partial charge < -0.3 is 5.32 Å². The zero-order valence-electron chi connectivity index (χ0n) is 11.8. The van der Waals surface area contributed by atoms with E-state index in [1.54, 1.807) is 0 Å². The van der Waals surface area contributed by atoms with Gasteiger partial charge in [-0.05, 0) is 12.5 Å². The molecule has 0 atom stereocenters. The first-order valence-corrected chi connectivity index (χ1v) is 7.46. The highest BCUT2D eigenvalue weighted by molar-refractivity contribution is 7.09. The Bertz CT molecular complexity index is 574. The zero-order chi connectivity index (χ0) is 15.5. The van der Waals surface area contributed by atoms with Crippen LogP contribution in [0.3, 0.4) is 0 Å². The average Bonchev–Trinajstić information content (AvgIpc) is 2.98. The van der Waals surface area contributed by atoms with Crippen molar-refractivity contribution in [1.82, 2.24) is 20.1 Å². The van der Waals surface area contributed by atoms with Gasteiger partial charge in [0.25, 0.3) is 0 Å². The average molecular weight is 318 g/mol. The van der Waals surface area contributed by atoms with Crippen molar-refractivity contribution in [1.29, 1.82) is 0 Å². The molecule has 2 aromatic rings. The van der Waals surface area contributed by atoms with E-state index in [1.165, 1.54) is 16.0 Å². The molecule has 0 amide bonds. The minimum absolute atomic E-state index is 0.247. The number of alkyl halides is 3. The molecule has 2 heterocycles. The lowest BCUT2D eigenvalue weighted by Gasteiger charge is -2.04. The van der Waals surface area contributed by atoms with E-state index >= 15 is 0 Å². The van der Waals surface area contributed by atoms with E-state index in [0.29, 0.717) is 12.5 Å². The third-order valence-electron chi connectivity index (χ3n) is 2.71. The summed E-state index contributed by atoms with van der Waals surface area (Å²) in [5.74, 6) is 0.564. The lowest BCUT2D eigenvalue weighted by atomic mass is 10.2. The van der Waals surface area contributed by atoms with Gasteiger partial charge in [-0.25, -0.2) is 4.98 Å². The number of nitrogens with zero attached hydrogens (tertiary/aromatic N) is 3. The Labute approximate surface area is 125 Å². The molecule has 0 saturated carbocycles. The van der Waals surface area contributed by atoms with Gasteiger partial charge in [-0.1, -0.05) is 13.8 Å².